The number of benzene rings is 1. The summed E-state index contributed by atoms with van der Waals surface area (Å²) in [6, 6.07) is 8.26. The minimum Gasteiger partial charge on any atom is -0.407 e. The van der Waals surface area contributed by atoms with Gasteiger partial charge in [-0.3, -0.25) is 0 Å². The van der Waals surface area contributed by atoms with Crippen molar-refractivity contribution in [3.05, 3.63) is 27.8 Å². The lowest BCUT2D eigenvalue weighted by Gasteiger charge is -2.33. The smallest absolute Gasteiger partial charge is 0.407 e. The van der Waals surface area contributed by atoms with Crippen molar-refractivity contribution in [2.75, 3.05) is 13.2 Å². The van der Waals surface area contributed by atoms with Gasteiger partial charge in [-0.15, -0.1) is 0 Å². The van der Waals surface area contributed by atoms with Gasteiger partial charge in [-0.1, -0.05) is 26.0 Å². The summed E-state index contributed by atoms with van der Waals surface area (Å²) in [5.74, 6) is 0. The van der Waals surface area contributed by atoms with Crippen LogP contribution in [0.1, 0.15) is 13.8 Å². The fourth-order valence-corrected chi connectivity index (χ4v) is 1.86. The second kappa shape index (κ2) is 4.43. The zero-order chi connectivity index (χ0) is 10.9. The highest BCUT2D eigenvalue weighted by molar-refractivity contribution is 14.1. The quantitative estimate of drug-likeness (QED) is 0.583. The summed E-state index contributed by atoms with van der Waals surface area (Å²) >= 11 is 2.29. The van der Waals surface area contributed by atoms with Crippen LogP contribution in [0.15, 0.2) is 24.3 Å². The van der Waals surface area contributed by atoms with E-state index in [1.807, 2.05) is 0 Å². The molecule has 4 heteroatoms. The molecule has 1 aliphatic heterocycles. The molecular formula is C11H14BIO2. The molecule has 0 amide bonds. The van der Waals surface area contributed by atoms with Crippen LogP contribution in [0, 0.1) is 8.99 Å². The molecule has 0 bridgehead atoms. The number of halogens is 1. The monoisotopic (exact) mass is 316 g/mol. The Labute approximate surface area is 105 Å². The third-order valence-corrected chi connectivity index (χ3v) is 3.11. The maximum atomic E-state index is 5.69. The summed E-state index contributed by atoms with van der Waals surface area (Å²) in [5.41, 5.74) is 1.24. The molecular weight excluding hydrogens is 302 g/mol. The van der Waals surface area contributed by atoms with Crippen LogP contribution in [0.25, 0.3) is 0 Å². The van der Waals surface area contributed by atoms with Crippen molar-refractivity contribution in [1.82, 2.24) is 0 Å². The molecule has 0 N–H and O–H groups in total. The summed E-state index contributed by atoms with van der Waals surface area (Å²) in [6.45, 7) is 5.81. The largest absolute Gasteiger partial charge is 0.493 e. The average Bonchev–Trinajstić information content (AvgIpc) is 2.20. The highest BCUT2D eigenvalue weighted by Gasteiger charge is 2.33. The summed E-state index contributed by atoms with van der Waals surface area (Å²) in [4.78, 5) is 0. The van der Waals surface area contributed by atoms with E-state index >= 15 is 0 Å². The molecule has 0 saturated carbocycles. The Morgan fingerprint density at radius 1 is 1.13 bits per heavy atom. The van der Waals surface area contributed by atoms with Gasteiger partial charge < -0.3 is 9.31 Å². The van der Waals surface area contributed by atoms with Crippen molar-refractivity contribution in [1.29, 1.82) is 0 Å². The predicted molar refractivity (Wildman–Crippen MR) is 70.2 cm³/mol. The fourth-order valence-electron chi connectivity index (χ4n) is 1.50. The van der Waals surface area contributed by atoms with Crippen molar-refractivity contribution in [3.63, 3.8) is 0 Å². The van der Waals surface area contributed by atoms with E-state index in [2.05, 4.69) is 60.7 Å². The number of hydrogen-bond acceptors (Lipinski definition) is 2. The summed E-state index contributed by atoms with van der Waals surface area (Å²) < 4.78 is 12.6. The van der Waals surface area contributed by atoms with Crippen LogP contribution in [0.5, 0.6) is 0 Å². The molecule has 1 heterocycles. The van der Waals surface area contributed by atoms with E-state index in [9.17, 15) is 0 Å². The molecule has 0 radical (unpaired) electrons. The maximum absolute atomic E-state index is 5.69. The molecule has 0 aromatic heterocycles. The molecule has 80 valence electrons. The lowest BCUT2D eigenvalue weighted by atomic mass is 9.76. The first-order chi connectivity index (χ1) is 7.07. The van der Waals surface area contributed by atoms with Gasteiger partial charge in [0.05, 0.1) is 0 Å². The summed E-state index contributed by atoms with van der Waals surface area (Å²) in [6.07, 6.45) is 0. The van der Waals surface area contributed by atoms with Gasteiger partial charge in [0.15, 0.2) is 0 Å². The molecule has 1 aromatic carbocycles. The SMILES string of the molecule is CC1(C)COB(c2ccc(I)cc2)OC1. The molecule has 2 rings (SSSR count). The highest BCUT2D eigenvalue weighted by Crippen LogP contribution is 2.21. The first-order valence-corrected chi connectivity index (χ1v) is 6.13. The van der Waals surface area contributed by atoms with E-state index < -0.39 is 0 Å². The first kappa shape index (κ1) is 11.4. The van der Waals surface area contributed by atoms with Crippen LogP contribution in [-0.2, 0) is 9.31 Å². The highest BCUT2D eigenvalue weighted by atomic mass is 127. The summed E-state index contributed by atoms with van der Waals surface area (Å²) in [7, 11) is -0.185. The van der Waals surface area contributed by atoms with Gasteiger partial charge in [-0.25, -0.2) is 0 Å². The molecule has 0 unspecified atom stereocenters. The first-order valence-electron chi connectivity index (χ1n) is 5.05. The molecule has 15 heavy (non-hydrogen) atoms. The second-order valence-corrected chi connectivity index (χ2v) is 5.92. The van der Waals surface area contributed by atoms with E-state index in [4.69, 9.17) is 9.31 Å². The van der Waals surface area contributed by atoms with Crippen LogP contribution in [0.2, 0.25) is 0 Å². The molecule has 0 spiro atoms. The number of rotatable bonds is 1. The maximum Gasteiger partial charge on any atom is 0.493 e. The molecule has 0 atom stereocenters. The Morgan fingerprint density at radius 3 is 2.20 bits per heavy atom. The van der Waals surface area contributed by atoms with Crippen LogP contribution < -0.4 is 5.46 Å². The van der Waals surface area contributed by atoms with Gasteiger partial charge in [-0.05, 0) is 40.2 Å². The summed E-state index contributed by atoms with van der Waals surface area (Å²) in [5, 5.41) is 0. The van der Waals surface area contributed by atoms with Crippen molar-refractivity contribution < 1.29 is 9.31 Å². The molecule has 2 nitrogen and oxygen atoms in total. The van der Waals surface area contributed by atoms with Gasteiger partial charge in [0.2, 0.25) is 0 Å². The second-order valence-electron chi connectivity index (χ2n) is 4.67. The van der Waals surface area contributed by atoms with E-state index in [0.717, 1.165) is 18.7 Å². The zero-order valence-electron chi connectivity index (χ0n) is 9.00. The third kappa shape index (κ3) is 2.95. The lowest BCUT2D eigenvalue weighted by molar-refractivity contribution is 0.0343. The Morgan fingerprint density at radius 2 is 1.67 bits per heavy atom. The van der Waals surface area contributed by atoms with Gasteiger partial charge in [0.1, 0.15) is 0 Å². The lowest BCUT2D eigenvalue weighted by Crippen LogP contribution is -2.47. The van der Waals surface area contributed by atoms with E-state index in [1.54, 1.807) is 0 Å². The zero-order valence-corrected chi connectivity index (χ0v) is 11.2. The van der Waals surface area contributed by atoms with Gasteiger partial charge in [0, 0.05) is 22.2 Å². The van der Waals surface area contributed by atoms with Crippen LogP contribution in [0.3, 0.4) is 0 Å². The van der Waals surface area contributed by atoms with Crippen LogP contribution >= 0.6 is 22.6 Å². The van der Waals surface area contributed by atoms with E-state index in [0.29, 0.717) is 0 Å². The Kier molecular flexibility index (Phi) is 3.37. The van der Waals surface area contributed by atoms with Crippen LogP contribution in [-0.4, -0.2) is 20.3 Å². The Hall–Kier alpha value is -0.0651. The van der Waals surface area contributed by atoms with Crippen molar-refractivity contribution >= 4 is 35.2 Å². The fraction of sp³-hybridized carbons (Fsp3) is 0.455. The van der Waals surface area contributed by atoms with Crippen molar-refractivity contribution in [2.45, 2.75) is 13.8 Å². The van der Waals surface area contributed by atoms with Gasteiger partial charge in [-0.2, -0.15) is 0 Å². The van der Waals surface area contributed by atoms with E-state index in [-0.39, 0.29) is 12.5 Å². The normalized spacial score (nSPS) is 20.3. The standard InChI is InChI=1S/C11H14BIO2/c1-11(2)7-14-12(15-8-11)9-3-5-10(13)6-4-9/h3-6H,7-8H2,1-2H3. The predicted octanol–water partition coefficient (Wildman–Crippen LogP) is 2.06. The van der Waals surface area contributed by atoms with Crippen molar-refractivity contribution in [2.24, 2.45) is 5.41 Å². The molecule has 0 aliphatic carbocycles. The topological polar surface area (TPSA) is 18.5 Å². The minimum absolute atomic E-state index is 0.139. The molecule has 1 fully saturated rings. The minimum atomic E-state index is -0.185. The van der Waals surface area contributed by atoms with Crippen molar-refractivity contribution in [3.8, 4) is 0 Å². The average molecular weight is 316 g/mol. The Bertz CT molecular complexity index is 327. The van der Waals surface area contributed by atoms with Crippen LogP contribution in [0.4, 0.5) is 0 Å². The molecule has 1 saturated heterocycles. The Balaban J connectivity index is 2.04. The molecule has 1 aromatic rings. The van der Waals surface area contributed by atoms with Gasteiger partial charge in [0.25, 0.3) is 0 Å². The van der Waals surface area contributed by atoms with Gasteiger partial charge >= 0.3 is 7.12 Å². The number of hydrogen-bond donors (Lipinski definition) is 0. The molecule has 1 aliphatic rings. The van der Waals surface area contributed by atoms with E-state index in [1.165, 1.54) is 3.57 Å². The third-order valence-electron chi connectivity index (χ3n) is 2.39.